The lowest BCUT2D eigenvalue weighted by atomic mass is 10.1. The van der Waals surface area contributed by atoms with E-state index in [0.717, 1.165) is 22.4 Å². The minimum absolute atomic E-state index is 0.0216. The molecule has 0 saturated heterocycles. The van der Waals surface area contributed by atoms with E-state index in [0.29, 0.717) is 5.88 Å². The molecule has 4 heteroatoms. The average Bonchev–Trinajstić information content (AvgIpc) is 2.53. The number of rotatable bonds is 4. The molecule has 1 unspecified atom stereocenters. The SMILES string of the molecule is ClCC(Nc1cnc2ccccc2n1)c1ccccc1. The van der Waals surface area contributed by atoms with Crippen molar-refractivity contribution < 1.29 is 0 Å². The maximum atomic E-state index is 6.06. The number of nitrogens with zero attached hydrogens (tertiary/aromatic N) is 2. The van der Waals surface area contributed by atoms with Gasteiger partial charge in [-0.3, -0.25) is 4.98 Å². The third-order valence-corrected chi connectivity index (χ3v) is 3.44. The number of para-hydroxylation sites is 2. The van der Waals surface area contributed by atoms with Crippen molar-refractivity contribution in [1.82, 2.24) is 9.97 Å². The minimum atomic E-state index is 0.0216. The predicted molar refractivity (Wildman–Crippen MR) is 83.1 cm³/mol. The van der Waals surface area contributed by atoms with E-state index in [2.05, 4.69) is 27.4 Å². The second-order valence-corrected chi connectivity index (χ2v) is 4.81. The standard InChI is InChI=1S/C16H14ClN3/c17-10-15(12-6-2-1-3-7-12)20-16-11-18-13-8-4-5-9-14(13)19-16/h1-9,11,15H,10H2,(H,19,20). The summed E-state index contributed by atoms with van der Waals surface area (Å²) in [5, 5.41) is 3.33. The van der Waals surface area contributed by atoms with Gasteiger partial charge in [-0.1, -0.05) is 42.5 Å². The first-order chi connectivity index (χ1) is 9.86. The Kier molecular flexibility index (Phi) is 3.79. The molecule has 3 nitrogen and oxygen atoms in total. The second-order valence-electron chi connectivity index (χ2n) is 4.51. The number of anilines is 1. The van der Waals surface area contributed by atoms with E-state index in [9.17, 15) is 0 Å². The van der Waals surface area contributed by atoms with Gasteiger partial charge in [0.1, 0.15) is 5.82 Å². The van der Waals surface area contributed by atoms with E-state index in [4.69, 9.17) is 11.6 Å². The van der Waals surface area contributed by atoms with E-state index >= 15 is 0 Å². The molecule has 0 aliphatic rings. The summed E-state index contributed by atoms with van der Waals surface area (Å²) in [7, 11) is 0. The first kappa shape index (κ1) is 12.9. The summed E-state index contributed by atoms with van der Waals surface area (Å²) in [6.45, 7) is 0. The average molecular weight is 284 g/mol. The Morgan fingerprint density at radius 1 is 0.950 bits per heavy atom. The largest absolute Gasteiger partial charge is 0.361 e. The first-order valence-electron chi connectivity index (χ1n) is 6.46. The van der Waals surface area contributed by atoms with Crippen LogP contribution in [0.1, 0.15) is 11.6 Å². The topological polar surface area (TPSA) is 37.8 Å². The summed E-state index contributed by atoms with van der Waals surface area (Å²) in [4.78, 5) is 8.95. The molecule has 1 atom stereocenters. The van der Waals surface area contributed by atoms with Gasteiger partial charge in [-0.2, -0.15) is 0 Å². The van der Waals surface area contributed by atoms with Crippen molar-refractivity contribution in [2.45, 2.75) is 6.04 Å². The highest BCUT2D eigenvalue weighted by atomic mass is 35.5. The van der Waals surface area contributed by atoms with Gasteiger partial charge in [0.05, 0.1) is 23.3 Å². The van der Waals surface area contributed by atoms with E-state index < -0.39 is 0 Å². The fourth-order valence-electron chi connectivity index (χ4n) is 2.10. The van der Waals surface area contributed by atoms with E-state index in [1.807, 2.05) is 42.5 Å². The van der Waals surface area contributed by atoms with Crippen molar-refractivity contribution >= 4 is 28.5 Å². The zero-order valence-electron chi connectivity index (χ0n) is 10.8. The molecule has 0 spiro atoms. The highest BCUT2D eigenvalue weighted by Gasteiger charge is 2.10. The summed E-state index contributed by atoms with van der Waals surface area (Å²) < 4.78 is 0. The van der Waals surface area contributed by atoms with Crippen LogP contribution in [0.15, 0.2) is 60.8 Å². The number of alkyl halides is 1. The Hall–Kier alpha value is -2.13. The van der Waals surface area contributed by atoms with Gasteiger partial charge < -0.3 is 5.32 Å². The highest BCUT2D eigenvalue weighted by Crippen LogP contribution is 2.20. The number of hydrogen-bond acceptors (Lipinski definition) is 3. The van der Waals surface area contributed by atoms with Gasteiger partial charge in [0.25, 0.3) is 0 Å². The van der Waals surface area contributed by atoms with Crippen LogP contribution in [0.5, 0.6) is 0 Å². The van der Waals surface area contributed by atoms with E-state index in [1.165, 1.54) is 0 Å². The van der Waals surface area contributed by atoms with Crippen molar-refractivity contribution in [2.75, 3.05) is 11.2 Å². The minimum Gasteiger partial charge on any atom is -0.361 e. The molecule has 3 aromatic rings. The lowest BCUT2D eigenvalue weighted by Crippen LogP contribution is -2.13. The molecule has 0 aliphatic carbocycles. The summed E-state index contributed by atoms with van der Waals surface area (Å²) >= 11 is 6.06. The van der Waals surface area contributed by atoms with Gasteiger partial charge in [-0.15, -0.1) is 11.6 Å². The van der Waals surface area contributed by atoms with Crippen LogP contribution in [0.2, 0.25) is 0 Å². The summed E-state index contributed by atoms with van der Waals surface area (Å²) in [5.41, 5.74) is 2.90. The molecule has 2 aromatic carbocycles. The predicted octanol–water partition coefficient (Wildman–Crippen LogP) is 4.02. The molecule has 1 aromatic heterocycles. The monoisotopic (exact) mass is 283 g/mol. The molecule has 1 N–H and O–H groups in total. The third-order valence-electron chi connectivity index (χ3n) is 3.13. The Morgan fingerprint density at radius 2 is 1.65 bits per heavy atom. The third kappa shape index (κ3) is 2.73. The van der Waals surface area contributed by atoms with Crippen LogP contribution in [0, 0.1) is 0 Å². The van der Waals surface area contributed by atoms with Crippen LogP contribution in [0.25, 0.3) is 11.0 Å². The summed E-state index contributed by atoms with van der Waals surface area (Å²) in [5.74, 6) is 1.21. The molecule has 0 radical (unpaired) electrons. The van der Waals surface area contributed by atoms with Crippen molar-refractivity contribution in [2.24, 2.45) is 0 Å². The quantitative estimate of drug-likeness (QED) is 0.735. The molecule has 0 saturated carbocycles. The Morgan fingerprint density at radius 3 is 2.40 bits per heavy atom. The first-order valence-corrected chi connectivity index (χ1v) is 6.99. The maximum Gasteiger partial charge on any atom is 0.145 e. The van der Waals surface area contributed by atoms with Crippen molar-refractivity contribution in [1.29, 1.82) is 0 Å². The number of benzene rings is 2. The molecule has 20 heavy (non-hydrogen) atoms. The van der Waals surface area contributed by atoms with E-state index in [-0.39, 0.29) is 6.04 Å². The number of aromatic nitrogens is 2. The van der Waals surface area contributed by atoms with Gasteiger partial charge in [0.15, 0.2) is 0 Å². The normalized spacial score (nSPS) is 12.2. The molecular weight excluding hydrogens is 270 g/mol. The van der Waals surface area contributed by atoms with E-state index in [1.54, 1.807) is 6.20 Å². The highest BCUT2D eigenvalue weighted by molar-refractivity contribution is 6.18. The second kappa shape index (κ2) is 5.88. The molecule has 1 heterocycles. The summed E-state index contributed by atoms with van der Waals surface area (Å²) in [6, 6.07) is 17.9. The molecule has 0 fully saturated rings. The number of hydrogen-bond donors (Lipinski definition) is 1. The van der Waals surface area contributed by atoms with Gasteiger partial charge in [0, 0.05) is 5.88 Å². The van der Waals surface area contributed by atoms with Gasteiger partial charge in [-0.25, -0.2) is 4.98 Å². The van der Waals surface area contributed by atoms with Crippen LogP contribution in [-0.2, 0) is 0 Å². The van der Waals surface area contributed by atoms with Gasteiger partial charge in [-0.05, 0) is 17.7 Å². The lowest BCUT2D eigenvalue weighted by Gasteiger charge is -2.17. The zero-order valence-corrected chi connectivity index (χ0v) is 11.6. The van der Waals surface area contributed by atoms with Crippen LogP contribution >= 0.6 is 11.6 Å². The Labute approximate surface area is 122 Å². The van der Waals surface area contributed by atoms with Crippen molar-refractivity contribution in [3.8, 4) is 0 Å². The van der Waals surface area contributed by atoms with Crippen molar-refractivity contribution in [3.05, 3.63) is 66.4 Å². The molecule has 0 amide bonds. The molecule has 3 rings (SSSR count). The smallest absolute Gasteiger partial charge is 0.145 e. The summed E-state index contributed by atoms with van der Waals surface area (Å²) in [6.07, 6.45) is 1.74. The Bertz CT molecular complexity index is 700. The maximum absolute atomic E-state index is 6.06. The fraction of sp³-hybridized carbons (Fsp3) is 0.125. The molecular formula is C16H14ClN3. The van der Waals surface area contributed by atoms with Crippen LogP contribution < -0.4 is 5.32 Å². The zero-order chi connectivity index (χ0) is 13.8. The molecule has 0 aliphatic heterocycles. The van der Waals surface area contributed by atoms with Crippen LogP contribution in [0.4, 0.5) is 5.82 Å². The van der Waals surface area contributed by atoms with Crippen LogP contribution in [0.3, 0.4) is 0 Å². The molecule has 0 bridgehead atoms. The van der Waals surface area contributed by atoms with Crippen molar-refractivity contribution in [3.63, 3.8) is 0 Å². The lowest BCUT2D eigenvalue weighted by molar-refractivity contribution is 0.882. The number of halogens is 1. The van der Waals surface area contributed by atoms with Gasteiger partial charge in [0.2, 0.25) is 0 Å². The Balaban J connectivity index is 1.87. The number of fused-ring (bicyclic) bond motifs is 1. The molecule has 100 valence electrons. The number of nitrogens with one attached hydrogen (secondary N) is 1. The van der Waals surface area contributed by atoms with Gasteiger partial charge >= 0.3 is 0 Å². The fourth-order valence-corrected chi connectivity index (χ4v) is 2.36. The van der Waals surface area contributed by atoms with Crippen LogP contribution in [-0.4, -0.2) is 15.8 Å².